The predicted molar refractivity (Wildman–Crippen MR) is 126 cm³/mol. The van der Waals surface area contributed by atoms with Gasteiger partial charge in [-0.2, -0.15) is 18.3 Å². The van der Waals surface area contributed by atoms with Crippen LogP contribution in [0.2, 0.25) is 0 Å². The number of alkyl halides is 3. The summed E-state index contributed by atoms with van der Waals surface area (Å²) >= 11 is 0. The highest BCUT2D eigenvalue weighted by Crippen LogP contribution is 2.42. The van der Waals surface area contributed by atoms with Crippen molar-refractivity contribution in [2.75, 3.05) is 5.32 Å². The SMILES string of the molecule is O=C(Nc1cccc2ccccc12)c1ccc(-n2nc(C(F)(F)F)c3c2-c2ccoc2CC3)cc1. The van der Waals surface area contributed by atoms with Crippen LogP contribution >= 0.6 is 0 Å². The van der Waals surface area contributed by atoms with Gasteiger partial charge in [0.25, 0.3) is 5.91 Å². The highest BCUT2D eigenvalue weighted by atomic mass is 19.4. The van der Waals surface area contributed by atoms with Crippen LogP contribution in [-0.2, 0) is 19.0 Å². The Morgan fingerprint density at radius 1 is 0.943 bits per heavy atom. The quantitative estimate of drug-likeness (QED) is 0.319. The molecule has 0 radical (unpaired) electrons. The number of carbonyl (C=O) groups excluding carboxylic acids is 1. The standard InChI is InChI=1S/C27H18F3N3O2/c28-27(29,30)25-21-12-13-23-20(14-15-35-23)24(21)33(32-25)18-10-8-17(9-11-18)26(34)31-22-7-3-5-16-4-1-2-6-19(16)22/h1-11,14-15H,12-13H2,(H,31,34). The van der Waals surface area contributed by atoms with Crippen molar-refractivity contribution >= 4 is 22.4 Å². The summed E-state index contributed by atoms with van der Waals surface area (Å²) in [7, 11) is 0. The number of halogens is 3. The number of aromatic nitrogens is 2. The average Bonchev–Trinajstić information content (AvgIpc) is 3.49. The number of carbonyl (C=O) groups is 1. The van der Waals surface area contributed by atoms with Gasteiger partial charge in [-0.3, -0.25) is 4.79 Å². The van der Waals surface area contributed by atoms with Crippen LogP contribution < -0.4 is 5.32 Å². The van der Waals surface area contributed by atoms with Gasteiger partial charge in [0.05, 0.1) is 17.6 Å². The summed E-state index contributed by atoms with van der Waals surface area (Å²) in [5.74, 6) is 0.321. The molecule has 0 fully saturated rings. The molecule has 2 aromatic heterocycles. The number of benzene rings is 3. The number of nitrogens with zero attached hydrogens (tertiary/aromatic N) is 2. The molecule has 0 aliphatic heterocycles. The molecule has 0 atom stereocenters. The predicted octanol–water partition coefficient (Wildman–Crippen LogP) is 6.66. The van der Waals surface area contributed by atoms with Crippen molar-refractivity contribution < 1.29 is 22.4 Å². The van der Waals surface area contributed by atoms with Gasteiger partial charge in [0.2, 0.25) is 0 Å². The molecular formula is C27H18F3N3O2. The number of amides is 1. The van der Waals surface area contributed by atoms with Crippen LogP contribution in [0.15, 0.2) is 83.5 Å². The second kappa shape index (κ2) is 7.87. The molecule has 1 aliphatic carbocycles. The van der Waals surface area contributed by atoms with Gasteiger partial charge < -0.3 is 9.73 Å². The molecule has 174 valence electrons. The van der Waals surface area contributed by atoms with Gasteiger partial charge in [-0.05, 0) is 48.2 Å². The fourth-order valence-corrected chi connectivity index (χ4v) is 4.65. The first-order chi connectivity index (χ1) is 16.9. The zero-order chi connectivity index (χ0) is 24.2. The zero-order valence-electron chi connectivity index (χ0n) is 18.3. The molecule has 5 nitrogen and oxygen atoms in total. The summed E-state index contributed by atoms with van der Waals surface area (Å²) in [5.41, 5.74) is 1.73. The second-order valence-electron chi connectivity index (χ2n) is 8.37. The van der Waals surface area contributed by atoms with E-state index in [0.29, 0.717) is 40.4 Å². The lowest BCUT2D eigenvalue weighted by Gasteiger charge is -2.15. The van der Waals surface area contributed by atoms with Crippen LogP contribution in [0, 0.1) is 0 Å². The number of hydrogen-bond acceptors (Lipinski definition) is 3. The zero-order valence-corrected chi connectivity index (χ0v) is 18.3. The van der Waals surface area contributed by atoms with Crippen molar-refractivity contribution in [3.8, 4) is 16.9 Å². The number of nitrogens with one attached hydrogen (secondary N) is 1. The van der Waals surface area contributed by atoms with E-state index < -0.39 is 11.9 Å². The smallest absolute Gasteiger partial charge is 0.435 e. The molecule has 6 rings (SSSR count). The van der Waals surface area contributed by atoms with E-state index >= 15 is 0 Å². The molecular weight excluding hydrogens is 455 g/mol. The second-order valence-corrected chi connectivity index (χ2v) is 8.37. The third kappa shape index (κ3) is 3.58. The van der Waals surface area contributed by atoms with E-state index in [4.69, 9.17) is 4.42 Å². The van der Waals surface area contributed by atoms with E-state index in [9.17, 15) is 18.0 Å². The highest BCUT2D eigenvalue weighted by molar-refractivity contribution is 6.09. The first-order valence-corrected chi connectivity index (χ1v) is 11.1. The van der Waals surface area contributed by atoms with Crippen molar-refractivity contribution in [1.82, 2.24) is 9.78 Å². The summed E-state index contributed by atoms with van der Waals surface area (Å²) in [6.45, 7) is 0. The molecule has 1 aliphatic rings. The molecule has 0 bridgehead atoms. The van der Waals surface area contributed by atoms with E-state index in [1.54, 1.807) is 30.3 Å². The van der Waals surface area contributed by atoms with E-state index in [-0.39, 0.29) is 17.9 Å². The summed E-state index contributed by atoms with van der Waals surface area (Å²) in [5, 5.41) is 8.78. The van der Waals surface area contributed by atoms with Gasteiger partial charge in [0, 0.05) is 34.2 Å². The lowest BCUT2D eigenvalue weighted by Crippen LogP contribution is -2.12. The van der Waals surface area contributed by atoms with Crippen LogP contribution in [0.3, 0.4) is 0 Å². The number of anilines is 1. The Hall–Kier alpha value is -4.33. The Kier molecular flexibility index (Phi) is 4.77. The van der Waals surface area contributed by atoms with Gasteiger partial charge in [-0.15, -0.1) is 0 Å². The topological polar surface area (TPSA) is 60.1 Å². The summed E-state index contributed by atoms with van der Waals surface area (Å²) < 4.78 is 48.0. The van der Waals surface area contributed by atoms with Crippen molar-refractivity contribution in [2.24, 2.45) is 0 Å². The Morgan fingerprint density at radius 3 is 2.51 bits per heavy atom. The largest absolute Gasteiger partial charge is 0.469 e. The van der Waals surface area contributed by atoms with Gasteiger partial charge in [-0.1, -0.05) is 36.4 Å². The van der Waals surface area contributed by atoms with Crippen molar-refractivity contribution in [2.45, 2.75) is 19.0 Å². The molecule has 1 N–H and O–H groups in total. The minimum Gasteiger partial charge on any atom is -0.469 e. The Bertz CT molecular complexity index is 1570. The minimum absolute atomic E-state index is 0.157. The first kappa shape index (κ1) is 21.2. The third-order valence-electron chi connectivity index (χ3n) is 6.27. The molecule has 0 saturated carbocycles. The van der Waals surface area contributed by atoms with Crippen LogP contribution in [0.1, 0.15) is 27.4 Å². The lowest BCUT2D eigenvalue weighted by atomic mass is 9.94. The van der Waals surface area contributed by atoms with Crippen LogP contribution in [0.4, 0.5) is 18.9 Å². The fourth-order valence-electron chi connectivity index (χ4n) is 4.65. The Labute approximate surface area is 197 Å². The number of aryl methyl sites for hydroxylation is 1. The third-order valence-corrected chi connectivity index (χ3v) is 6.27. The molecule has 3 aromatic carbocycles. The normalized spacial score (nSPS) is 12.9. The number of hydrogen-bond donors (Lipinski definition) is 1. The van der Waals surface area contributed by atoms with Gasteiger partial charge in [-0.25, -0.2) is 4.68 Å². The summed E-state index contributed by atoms with van der Waals surface area (Å²) in [6.07, 6.45) is -2.52. The molecule has 0 saturated heterocycles. The van der Waals surface area contributed by atoms with Gasteiger partial charge >= 0.3 is 6.18 Å². The highest BCUT2D eigenvalue weighted by Gasteiger charge is 2.41. The molecule has 1 amide bonds. The maximum Gasteiger partial charge on any atom is 0.435 e. The molecule has 0 spiro atoms. The van der Waals surface area contributed by atoms with Gasteiger partial charge in [0.15, 0.2) is 5.69 Å². The minimum atomic E-state index is -4.57. The molecule has 35 heavy (non-hydrogen) atoms. The number of fused-ring (bicyclic) bond motifs is 4. The number of rotatable bonds is 3. The van der Waals surface area contributed by atoms with Crippen molar-refractivity contribution in [1.29, 1.82) is 0 Å². The Balaban J connectivity index is 1.35. The van der Waals surface area contributed by atoms with Crippen LogP contribution in [-0.4, -0.2) is 15.7 Å². The van der Waals surface area contributed by atoms with E-state index in [0.717, 1.165) is 10.8 Å². The maximum absolute atomic E-state index is 13.7. The number of furan rings is 1. The average molecular weight is 473 g/mol. The van der Waals surface area contributed by atoms with Crippen molar-refractivity contribution in [3.63, 3.8) is 0 Å². The lowest BCUT2D eigenvalue weighted by molar-refractivity contribution is -0.142. The molecule has 0 unspecified atom stereocenters. The fraction of sp³-hybridized carbons (Fsp3) is 0.111. The molecule has 2 heterocycles. The van der Waals surface area contributed by atoms with Crippen molar-refractivity contribution in [3.05, 3.63) is 102 Å². The first-order valence-electron chi connectivity index (χ1n) is 11.1. The monoisotopic (exact) mass is 473 g/mol. The molecule has 5 aromatic rings. The molecule has 8 heteroatoms. The van der Waals surface area contributed by atoms with E-state index in [1.165, 1.54) is 10.9 Å². The summed E-state index contributed by atoms with van der Waals surface area (Å²) in [4.78, 5) is 12.9. The summed E-state index contributed by atoms with van der Waals surface area (Å²) in [6, 6.07) is 21.4. The van der Waals surface area contributed by atoms with Gasteiger partial charge in [0.1, 0.15) is 5.76 Å². The van der Waals surface area contributed by atoms with Crippen LogP contribution in [0.25, 0.3) is 27.7 Å². The maximum atomic E-state index is 13.7. The van der Waals surface area contributed by atoms with E-state index in [1.807, 2.05) is 42.5 Å². The van der Waals surface area contributed by atoms with Crippen LogP contribution in [0.5, 0.6) is 0 Å². The Morgan fingerprint density at radius 2 is 1.71 bits per heavy atom. The van der Waals surface area contributed by atoms with E-state index in [2.05, 4.69) is 10.4 Å².